The summed E-state index contributed by atoms with van der Waals surface area (Å²) in [4.78, 5) is 35.6. The quantitative estimate of drug-likeness (QED) is 0.209. The molecule has 0 saturated heterocycles. The number of para-hydroxylation sites is 2. The first-order valence-corrected chi connectivity index (χ1v) is 10.8. The summed E-state index contributed by atoms with van der Waals surface area (Å²) in [6.45, 7) is 0. The van der Waals surface area contributed by atoms with Crippen molar-refractivity contribution in [2.75, 3.05) is 0 Å². The van der Waals surface area contributed by atoms with Gasteiger partial charge in [-0.15, -0.1) is 0 Å². The number of nitro groups is 2. The molecule has 4 aromatic carbocycles. The Morgan fingerprint density at radius 2 is 0.972 bits per heavy atom. The fourth-order valence-corrected chi connectivity index (χ4v) is 4.11. The standard InChI is InChI=1S/C27H18F2N2O5/c28-21-11-7-17(8-12-21)24-5-1-3-19(26(24)30(33)34)15-23(32)16-20-4-2-6-25(27(20)31(35)36)18-9-13-22(29)14-10-18/h1-14H,15-16H2. The highest BCUT2D eigenvalue weighted by atomic mass is 19.1. The van der Waals surface area contributed by atoms with Crippen LogP contribution in [0.1, 0.15) is 11.1 Å². The summed E-state index contributed by atoms with van der Waals surface area (Å²) in [5, 5.41) is 23.8. The molecule has 9 heteroatoms. The van der Waals surface area contributed by atoms with Crippen LogP contribution in [0.2, 0.25) is 0 Å². The lowest BCUT2D eigenvalue weighted by molar-refractivity contribution is -0.384. The summed E-state index contributed by atoms with van der Waals surface area (Å²) in [7, 11) is 0. The lowest BCUT2D eigenvalue weighted by Gasteiger charge is -2.10. The van der Waals surface area contributed by atoms with Gasteiger partial charge in [-0.2, -0.15) is 0 Å². The van der Waals surface area contributed by atoms with Crippen molar-refractivity contribution in [2.45, 2.75) is 12.8 Å². The number of nitrogens with zero attached hydrogens (tertiary/aromatic N) is 2. The monoisotopic (exact) mass is 488 g/mol. The maximum absolute atomic E-state index is 13.3. The van der Waals surface area contributed by atoms with Gasteiger partial charge in [-0.3, -0.25) is 25.0 Å². The van der Waals surface area contributed by atoms with E-state index in [1.165, 1.54) is 72.8 Å². The van der Waals surface area contributed by atoms with Crippen molar-refractivity contribution >= 4 is 17.2 Å². The van der Waals surface area contributed by atoms with E-state index in [4.69, 9.17) is 0 Å². The van der Waals surface area contributed by atoms with Crippen LogP contribution in [0.4, 0.5) is 20.2 Å². The van der Waals surface area contributed by atoms with Crippen LogP contribution < -0.4 is 0 Å². The van der Waals surface area contributed by atoms with Crippen LogP contribution in [0, 0.1) is 31.9 Å². The van der Waals surface area contributed by atoms with Gasteiger partial charge >= 0.3 is 0 Å². The van der Waals surface area contributed by atoms with Gasteiger partial charge in [-0.25, -0.2) is 8.78 Å². The van der Waals surface area contributed by atoms with E-state index in [2.05, 4.69) is 0 Å². The van der Waals surface area contributed by atoms with Crippen LogP contribution in [0.25, 0.3) is 22.3 Å². The molecule has 0 atom stereocenters. The van der Waals surface area contributed by atoms with Crippen LogP contribution in [-0.4, -0.2) is 15.6 Å². The van der Waals surface area contributed by atoms with Crippen molar-refractivity contribution < 1.29 is 23.4 Å². The number of halogens is 2. The van der Waals surface area contributed by atoms with Crippen molar-refractivity contribution in [3.63, 3.8) is 0 Å². The fourth-order valence-electron chi connectivity index (χ4n) is 4.11. The van der Waals surface area contributed by atoms with Crippen molar-refractivity contribution in [3.05, 3.63) is 128 Å². The number of nitro benzene ring substituents is 2. The van der Waals surface area contributed by atoms with Gasteiger partial charge in [0.1, 0.15) is 17.4 Å². The minimum absolute atomic E-state index is 0.143. The maximum atomic E-state index is 13.3. The normalized spacial score (nSPS) is 10.7. The first-order valence-electron chi connectivity index (χ1n) is 10.8. The average molecular weight is 488 g/mol. The second-order valence-corrected chi connectivity index (χ2v) is 8.05. The maximum Gasteiger partial charge on any atom is 0.280 e. The molecule has 0 saturated carbocycles. The summed E-state index contributed by atoms with van der Waals surface area (Å²) in [6.07, 6.45) is -0.660. The van der Waals surface area contributed by atoms with Gasteiger partial charge in [0.05, 0.1) is 21.0 Å². The van der Waals surface area contributed by atoms with E-state index >= 15 is 0 Å². The van der Waals surface area contributed by atoms with Crippen molar-refractivity contribution in [1.82, 2.24) is 0 Å². The molecule has 0 heterocycles. The summed E-state index contributed by atoms with van der Waals surface area (Å²) < 4.78 is 26.6. The van der Waals surface area contributed by atoms with E-state index in [1.807, 2.05) is 0 Å². The Morgan fingerprint density at radius 1 is 0.611 bits per heavy atom. The molecule has 0 N–H and O–H groups in total. The summed E-state index contributed by atoms with van der Waals surface area (Å²) in [6, 6.07) is 19.4. The van der Waals surface area contributed by atoms with Gasteiger partial charge in [0.15, 0.2) is 0 Å². The third-order valence-electron chi connectivity index (χ3n) is 5.69. The number of Topliss-reactive ketones (excluding diaryl/α,β-unsaturated/α-hetero) is 1. The molecule has 7 nitrogen and oxygen atoms in total. The van der Waals surface area contributed by atoms with Gasteiger partial charge in [-0.05, 0) is 47.5 Å². The van der Waals surface area contributed by atoms with E-state index in [-0.39, 0.29) is 46.5 Å². The third kappa shape index (κ3) is 5.15. The largest absolute Gasteiger partial charge is 0.299 e. The van der Waals surface area contributed by atoms with Gasteiger partial charge in [0, 0.05) is 24.0 Å². The Kier molecular flexibility index (Phi) is 6.91. The molecular formula is C27H18F2N2O5. The van der Waals surface area contributed by atoms with Gasteiger partial charge in [0.25, 0.3) is 11.4 Å². The molecule has 36 heavy (non-hydrogen) atoms. The zero-order valence-electron chi connectivity index (χ0n) is 18.7. The van der Waals surface area contributed by atoms with E-state index < -0.39 is 27.3 Å². The summed E-state index contributed by atoms with van der Waals surface area (Å²) >= 11 is 0. The highest BCUT2D eigenvalue weighted by Gasteiger charge is 2.25. The topological polar surface area (TPSA) is 103 Å². The number of hydrogen-bond donors (Lipinski definition) is 0. The highest BCUT2D eigenvalue weighted by Crippen LogP contribution is 2.35. The van der Waals surface area contributed by atoms with Crippen molar-refractivity contribution in [1.29, 1.82) is 0 Å². The molecule has 0 amide bonds. The highest BCUT2D eigenvalue weighted by molar-refractivity contribution is 5.88. The molecule has 180 valence electrons. The van der Waals surface area contributed by atoms with Gasteiger partial charge in [-0.1, -0.05) is 48.5 Å². The zero-order valence-corrected chi connectivity index (χ0v) is 18.7. The number of benzene rings is 4. The number of carbonyl (C=O) groups is 1. The molecule has 0 unspecified atom stereocenters. The first-order chi connectivity index (χ1) is 17.2. The molecule has 0 bridgehead atoms. The molecule has 4 rings (SSSR count). The average Bonchev–Trinajstić information content (AvgIpc) is 2.84. The van der Waals surface area contributed by atoms with Crippen LogP contribution in [0.15, 0.2) is 84.9 Å². The van der Waals surface area contributed by atoms with Crippen molar-refractivity contribution in [3.8, 4) is 22.3 Å². The van der Waals surface area contributed by atoms with Crippen LogP contribution in [0.3, 0.4) is 0 Å². The third-order valence-corrected chi connectivity index (χ3v) is 5.69. The first kappa shape index (κ1) is 24.3. The molecule has 0 spiro atoms. The minimum Gasteiger partial charge on any atom is -0.299 e. The smallest absolute Gasteiger partial charge is 0.280 e. The van der Waals surface area contributed by atoms with Crippen LogP contribution >= 0.6 is 0 Å². The van der Waals surface area contributed by atoms with E-state index in [0.29, 0.717) is 11.1 Å². The second-order valence-electron chi connectivity index (χ2n) is 8.05. The Labute approximate surface area is 203 Å². The van der Waals surface area contributed by atoms with E-state index in [1.54, 1.807) is 12.1 Å². The molecule has 0 aromatic heterocycles. The molecule has 0 radical (unpaired) electrons. The molecule has 0 aliphatic carbocycles. The fraction of sp³-hybridized carbons (Fsp3) is 0.0741. The number of ketones is 1. The molecule has 0 aliphatic heterocycles. The number of carbonyl (C=O) groups excluding carboxylic acids is 1. The Hall–Kier alpha value is -4.79. The molecule has 0 fully saturated rings. The predicted molar refractivity (Wildman–Crippen MR) is 129 cm³/mol. The molecular weight excluding hydrogens is 470 g/mol. The van der Waals surface area contributed by atoms with Crippen molar-refractivity contribution in [2.24, 2.45) is 0 Å². The Bertz CT molecular complexity index is 1360. The molecule has 4 aromatic rings. The minimum atomic E-state index is -0.598. The lowest BCUT2D eigenvalue weighted by Crippen LogP contribution is -2.11. The van der Waals surface area contributed by atoms with Crippen LogP contribution in [0.5, 0.6) is 0 Å². The SMILES string of the molecule is O=C(Cc1cccc(-c2ccc(F)cc2)c1[N+](=O)[O-])Cc1cccc(-c2ccc(F)cc2)c1[N+](=O)[O-]. The predicted octanol–water partition coefficient (Wildman–Crippen LogP) is 6.47. The second kappa shape index (κ2) is 10.2. The number of rotatable bonds is 8. The number of hydrogen-bond acceptors (Lipinski definition) is 5. The Balaban J connectivity index is 1.67. The summed E-state index contributed by atoms with van der Waals surface area (Å²) in [5.41, 5.74) is 1.01. The zero-order chi connectivity index (χ0) is 25.8. The van der Waals surface area contributed by atoms with E-state index in [9.17, 15) is 33.8 Å². The molecule has 0 aliphatic rings. The lowest BCUT2D eigenvalue weighted by atomic mass is 9.94. The van der Waals surface area contributed by atoms with E-state index in [0.717, 1.165) is 0 Å². The Morgan fingerprint density at radius 3 is 1.31 bits per heavy atom. The van der Waals surface area contributed by atoms with Crippen LogP contribution in [-0.2, 0) is 17.6 Å². The van der Waals surface area contributed by atoms with Gasteiger partial charge in [0.2, 0.25) is 0 Å². The summed E-state index contributed by atoms with van der Waals surface area (Å²) in [5.74, 6) is -1.44. The van der Waals surface area contributed by atoms with Gasteiger partial charge < -0.3 is 0 Å².